The van der Waals surface area contributed by atoms with Gasteiger partial charge in [-0.3, -0.25) is 0 Å². The highest BCUT2D eigenvalue weighted by Crippen LogP contribution is 2.08. The van der Waals surface area contributed by atoms with E-state index < -0.39 is 6.10 Å². The van der Waals surface area contributed by atoms with Gasteiger partial charge in [0.2, 0.25) is 0 Å². The van der Waals surface area contributed by atoms with Gasteiger partial charge in [0.05, 0.1) is 12.7 Å². The number of hydrogen-bond acceptors (Lipinski definition) is 3. The second-order valence-electron chi connectivity index (χ2n) is 2.62. The van der Waals surface area contributed by atoms with Gasteiger partial charge in [-0.05, 0) is 19.1 Å². The minimum absolute atomic E-state index is 0.139. The van der Waals surface area contributed by atoms with Crippen LogP contribution in [0.2, 0.25) is 0 Å². The first-order valence-electron chi connectivity index (χ1n) is 3.68. The molecule has 11 heavy (non-hydrogen) atoms. The number of aliphatic hydroxyl groups excluding tert-OH is 2. The van der Waals surface area contributed by atoms with Gasteiger partial charge in [-0.15, -0.1) is 6.58 Å². The van der Waals surface area contributed by atoms with Crippen LogP contribution < -0.4 is 0 Å². The summed E-state index contributed by atoms with van der Waals surface area (Å²) in [5.41, 5.74) is 1.16. The van der Waals surface area contributed by atoms with Crippen molar-refractivity contribution in [3.05, 3.63) is 12.2 Å². The third-order valence-electron chi connectivity index (χ3n) is 1.19. The van der Waals surface area contributed by atoms with Gasteiger partial charge < -0.3 is 10.2 Å². The molecule has 0 fully saturated rings. The van der Waals surface area contributed by atoms with Crippen LogP contribution in [0.4, 0.5) is 0 Å². The van der Waals surface area contributed by atoms with Gasteiger partial charge in [0.1, 0.15) is 0 Å². The Morgan fingerprint density at radius 3 is 2.73 bits per heavy atom. The zero-order valence-corrected chi connectivity index (χ0v) is 7.73. The molecular formula is C8H16O2S. The number of thioether (sulfide) groups is 1. The highest BCUT2D eigenvalue weighted by molar-refractivity contribution is 7.99. The Morgan fingerprint density at radius 2 is 2.27 bits per heavy atom. The summed E-state index contributed by atoms with van der Waals surface area (Å²) in [5, 5.41) is 17.4. The quantitative estimate of drug-likeness (QED) is 0.469. The summed E-state index contributed by atoms with van der Waals surface area (Å²) >= 11 is 1.64. The molecule has 0 aromatic heterocycles. The average Bonchev–Trinajstić information content (AvgIpc) is 1.97. The van der Waals surface area contributed by atoms with Crippen molar-refractivity contribution in [2.24, 2.45) is 0 Å². The topological polar surface area (TPSA) is 40.5 Å². The summed E-state index contributed by atoms with van der Waals surface area (Å²) in [6.07, 6.45) is 0.424. The molecule has 0 spiro atoms. The Morgan fingerprint density at radius 1 is 1.64 bits per heavy atom. The molecule has 0 aliphatic rings. The number of aliphatic hydroxyl groups is 2. The molecule has 1 unspecified atom stereocenters. The van der Waals surface area contributed by atoms with Gasteiger partial charge in [-0.25, -0.2) is 0 Å². The second kappa shape index (κ2) is 6.70. The molecule has 0 aliphatic heterocycles. The van der Waals surface area contributed by atoms with Crippen molar-refractivity contribution >= 4 is 11.8 Å². The van der Waals surface area contributed by atoms with Crippen LogP contribution in [0.25, 0.3) is 0 Å². The van der Waals surface area contributed by atoms with Crippen molar-refractivity contribution in [3.8, 4) is 0 Å². The van der Waals surface area contributed by atoms with Crippen LogP contribution >= 0.6 is 11.8 Å². The molecule has 0 saturated carbocycles. The largest absolute Gasteiger partial charge is 0.394 e. The van der Waals surface area contributed by atoms with E-state index in [9.17, 15) is 0 Å². The first kappa shape index (κ1) is 11.0. The summed E-state index contributed by atoms with van der Waals surface area (Å²) in [5.74, 6) is 1.59. The Hall–Kier alpha value is 0.01000. The van der Waals surface area contributed by atoms with Crippen LogP contribution in [0.3, 0.4) is 0 Å². The fourth-order valence-corrected chi connectivity index (χ4v) is 1.56. The number of allylic oxidation sites excluding steroid dienone is 1. The van der Waals surface area contributed by atoms with Crippen molar-refractivity contribution in [1.29, 1.82) is 0 Å². The van der Waals surface area contributed by atoms with E-state index in [-0.39, 0.29) is 6.61 Å². The molecule has 0 aromatic carbocycles. The molecule has 66 valence electrons. The molecule has 0 heterocycles. The molecule has 2 nitrogen and oxygen atoms in total. The lowest BCUT2D eigenvalue weighted by molar-refractivity contribution is 0.113. The lowest BCUT2D eigenvalue weighted by Crippen LogP contribution is -2.14. The van der Waals surface area contributed by atoms with E-state index in [0.717, 1.165) is 17.7 Å². The first-order valence-corrected chi connectivity index (χ1v) is 4.83. The molecule has 0 saturated heterocycles. The zero-order valence-electron chi connectivity index (χ0n) is 6.92. The molecule has 0 amide bonds. The molecule has 0 aromatic rings. The third-order valence-corrected chi connectivity index (χ3v) is 2.31. The molecule has 0 bridgehead atoms. The van der Waals surface area contributed by atoms with Crippen molar-refractivity contribution in [3.63, 3.8) is 0 Å². The highest BCUT2D eigenvalue weighted by Gasteiger charge is 2.00. The van der Waals surface area contributed by atoms with Crippen LogP contribution in [0, 0.1) is 0 Å². The van der Waals surface area contributed by atoms with Crippen molar-refractivity contribution in [2.75, 3.05) is 18.1 Å². The first-order chi connectivity index (χ1) is 5.16. The molecule has 3 heteroatoms. The number of rotatable bonds is 6. The Labute approximate surface area is 72.3 Å². The normalized spacial score (nSPS) is 13.0. The van der Waals surface area contributed by atoms with Gasteiger partial charge >= 0.3 is 0 Å². The average molecular weight is 176 g/mol. The molecule has 0 radical (unpaired) electrons. The fourth-order valence-electron chi connectivity index (χ4n) is 0.518. The summed E-state index contributed by atoms with van der Waals surface area (Å²) < 4.78 is 0. The summed E-state index contributed by atoms with van der Waals surface area (Å²) in [7, 11) is 0. The summed E-state index contributed by atoms with van der Waals surface area (Å²) in [6, 6.07) is 0. The van der Waals surface area contributed by atoms with E-state index >= 15 is 0 Å². The third kappa shape index (κ3) is 7.91. The lowest BCUT2D eigenvalue weighted by Gasteiger charge is -2.05. The fraction of sp³-hybridized carbons (Fsp3) is 0.750. The molecule has 0 rings (SSSR count). The zero-order chi connectivity index (χ0) is 8.69. The summed E-state index contributed by atoms with van der Waals surface area (Å²) in [6.45, 7) is 5.62. The van der Waals surface area contributed by atoms with Crippen LogP contribution in [0.1, 0.15) is 13.3 Å². The van der Waals surface area contributed by atoms with Crippen molar-refractivity contribution < 1.29 is 10.2 Å². The van der Waals surface area contributed by atoms with E-state index in [1.807, 2.05) is 6.92 Å². The Balaban J connectivity index is 3.08. The minimum Gasteiger partial charge on any atom is -0.394 e. The van der Waals surface area contributed by atoms with E-state index in [1.165, 1.54) is 0 Å². The minimum atomic E-state index is -0.565. The van der Waals surface area contributed by atoms with Crippen LogP contribution in [-0.4, -0.2) is 34.4 Å². The van der Waals surface area contributed by atoms with Crippen LogP contribution in [0.5, 0.6) is 0 Å². The van der Waals surface area contributed by atoms with Gasteiger partial charge in [0.25, 0.3) is 0 Å². The van der Waals surface area contributed by atoms with Gasteiger partial charge in [-0.2, -0.15) is 11.8 Å². The smallest absolute Gasteiger partial charge is 0.0861 e. The van der Waals surface area contributed by atoms with E-state index in [2.05, 4.69) is 6.58 Å². The second-order valence-corrected chi connectivity index (χ2v) is 3.77. The van der Waals surface area contributed by atoms with Crippen LogP contribution in [-0.2, 0) is 0 Å². The summed E-state index contributed by atoms with van der Waals surface area (Å²) in [4.78, 5) is 0. The standard InChI is InChI=1S/C8H16O2S/c1-7(2)3-4-11-6-8(10)5-9/h8-10H,1,3-6H2,2H3. The Bertz CT molecular complexity index is 115. The molecule has 1 atom stereocenters. The molecule has 0 aliphatic carbocycles. The maximum absolute atomic E-state index is 8.93. The highest BCUT2D eigenvalue weighted by atomic mass is 32.2. The maximum Gasteiger partial charge on any atom is 0.0861 e. The van der Waals surface area contributed by atoms with Crippen molar-refractivity contribution in [1.82, 2.24) is 0 Å². The van der Waals surface area contributed by atoms with Crippen molar-refractivity contribution in [2.45, 2.75) is 19.4 Å². The Kier molecular flexibility index (Phi) is 6.71. The molecule has 2 N–H and O–H groups in total. The van der Waals surface area contributed by atoms with Gasteiger partial charge in [0.15, 0.2) is 0 Å². The predicted octanol–water partition coefficient (Wildman–Crippen LogP) is 1.04. The van der Waals surface area contributed by atoms with E-state index in [0.29, 0.717) is 5.75 Å². The number of hydrogen-bond donors (Lipinski definition) is 2. The van der Waals surface area contributed by atoms with E-state index in [4.69, 9.17) is 10.2 Å². The van der Waals surface area contributed by atoms with E-state index in [1.54, 1.807) is 11.8 Å². The monoisotopic (exact) mass is 176 g/mol. The lowest BCUT2D eigenvalue weighted by atomic mass is 10.3. The molecular weight excluding hydrogens is 160 g/mol. The van der Waals surface area contributed by atoms with Gasteiger partial charge in [0, 0.05) is 5.75 Å². The maximum atomic E-state index is 8.93. The SMILES string of the molecule is C=C(C)CCSCC(O)CO. The van der Waals surface area contributed by atoms with Gasteiger partial charge in [-0.1, -0.05) is 5.57 Å². The van der Waals surface area contributed by atoms with Crippen LogP contribution in [0.15, 0.2) is 12.2 Å². The predicted molar refractivity (Wildman–Crippen MR) is 49.8 cm³/mol.